The van der Waals surface area contributed by atoms with Crippen LogP contribution in [-0.4, -0.2) is 42.1 Å². The number of carboxylic acids is 1. The fourth-order valence-corrected chi connectivity index (χ4v) is 2.48. The average Bonchev–Trinajstić information content (AvgIpc) is 2.82. The van der Waals surface area contributed by atoms with Gasteiger partial charge in [-0.05, 0) is 31.5 Å². The van der Waals surface area contributed by atoms with Crippen molar-refractivity contribution in [3.63, 3.8) is 0 Å². The molecule has 0 spiro atoms. The van der Waals surface area contributed by atoms with Gasteiger partial charge in [-0.15, -0.1) is 0 Å². The number of carbonyl (C=O) groups is 2. The zero-order valence-electron chi connectivity index (χ0n) is 11.4. The molecule has 6 heteroatoms. The lowest BCUT2D eigenvalue weighted by Gasteiger charge is -2.21. The van der Waals surface area contributed by atoms with Gasteiger partial charge in [0.15, 0.2) is 0 Å². The van der Waals surface area contributed by atoms with Gasteiger partial charge in [0.25, 0.3) is 5.91 Å². The summed E-state index contributed by atoms with van der Waals surface area (Å²) < 4.78 is 5.16. The number of aliphatic carboxylic acids is 1. The number of carbonyl (C=O) groups excluding carboxylic acids is 1. The molecule has 1 unspecified atom stereocenters. The summed E-state index contributed by atoms with van der Waals surface area (Å²) >= 11 is 5.86. The molecule has 5 nitrogen and oxygen atoms in total. The predicted molar refractivity (Wildman–Crippen MR) is 74.3 cm³/mol. The molecule has 1 N–H and O–H groups in total. The Bertz CT molecular complexity index is 560. The zero-order valence-corrected chi connectivity index (χ0v) is 12.1. The maximum Gasteiger partial charge on any atom is 0.311 e. The van der Waals surface area contributed by atoms with Crippen LogP contribution in [0.1, 0.15) is 23.7 Å². The molecule has 0 radical (unpaired) electrons. The summed E-state index contributed by atoms with van der Waals surface area (Å²) in [4.78, 5) is 25.2. The molecule has 20 heavy (non-hydrogen) atoms. The number of amides is 1. The number of likely N-dealkylation sites (tertiary alicyclic amines) is 1. The Morgan fingerprint density at radius 1 is 1.45 bits per heavy atom. The van der Waals surface area contributed by atoms with Gasteiger partial charge in [0, 0.05) is 18.1 Å². The molecule has 1 saturated heterocycles. The first kappa shape index (κ1) is 14.7. The van der Waals surface area contributed by atoms with Gasteiger partial charge >= 0.3 is 5.97 Å². The van der Waals surface area contributed by atoms with Gasteiger partial charge < -0.3 is 14.7 Å². The van der Waals surface area contributed by atoms with Crippen molar-refractivity contribution in [1.82, 2.24) is 4.90 Å². The summed E-state index contributed by atoms with van der Waals surface area (Å²) in [6.45, 7) is 2.28. The first-order valence-electron chi connectivity index (χ1n) is 6.23. The van der Waals surface area contributed by atoms with Crippen LogP contribution in [0.2, 0.25) is 5.02 Å². The number of hydrogen-bond acceptors (Lipinski definition) is 3. The number of methoxy groups -OCH3 is 1. The second-order valence-corrected chi connectivity index (χ2v) is 5.62. The van der Waals surface area contributed by atoms with E-state index in [4.69, 9.17) is 16.3 Å². The van der Waals surface area contributed by atoms with Gasteiger partial charge in [-0.2, -0.15) is 0 Å². The Kier molecular flexibility index (Phi) is 3.90. The second kappa shape index (κ2) is 5.32. The minimum atomic E-state index is -0.880. The molecule has 108 valence electrons. The van der Waals surface area contributed by atoms with Crippen LogP contribution in [0.4, 0.5) is 0 Å². The molecule has 0 aromatic heterocycles. The summed E-state index contributed by atoms with van der Waals surface area (Å²) in [7, 11) is 1.47. The minimum Gasteiger partial charge on any atom is -0.496 e. The highest BCUT2D eigenvalue weighted by Crippen LogP contribution is 2.32. The number of rotatable bonds is 3. The van der Waals surface area contributed by atoms with Gasteiger partial charge in [0.2, 0.25) is 0 Å². The molecule has 1 aliphatic heterocycles. The van der Waals surface area contributed by atoms with Crippen LogP contribution >= 0.6 is 11.6 Å². The molecule has 1 heterocycles. The van der Waals surface area contributed by atoms with Crippen molar-refractivity contribution in [1.29, 1.82) is 0 Å². The van der Waals surface area contributed by atoms with Crippen molar-refractivity contribution in [3.8, 4) is 5.75 Å². The lowest BCUT2D eigenvalue weighted by molar-refractivity contribution is -0.147. The molecular formula is C14H16ClNO4. The highest BCUT2D eigenvalue weighted by molar-refractivity contribution is 6.30. The number of ether oxygens (including phenoxy) is 1. The Labute approximate surface area is 122 Å². The fraction of sp³-hybridized carbons (Fsp3) is 0.429. The number of benzene rings is 1. The number of carboxylic acid groups (broad SMARTS) is 1. The number of halogens is 1. The predicted octanol–water partition coefficient (Wildman–Crippen LogP) is 2.29. The molecule has 2 rings (SSSR count). The van der Waals surface area contributed by atoms with Crippen LogP contribution in [0.15, 0.2) is 18.2 Å². The van der Waals surface area contributed by atoms with E-state index in [2.05, 4.69) is 0 Å². The summed E-state index contributed by atoms with van der Waals surface area (Å²) in [5.41, 5.74) is -0.485. The van der Waals surface area contributed by atoms with E-state index >= 15 is 0 Å². The molecule has 0 bridgehead atoms. The first-order valence-corrected chi connectivity index (χ1v) is 6.61. The van der Waals surface area contributed by atoms with Gasteiger partial charge in [-0.1, -0.05) is 11.6 Å². The zero-order chi connectivity index (χ0) is 14.9. The van der Waals surface area contributed by atoms with Gasteiger partial charge in [0.1, 0.15) is 5.75 Å². The quantitative estimate of drug-likeness (QED) is 0.929. The summed E-state index contributed by atoms with van der Waals surface area (Å²) in [6, 6.07) is 4.78. The minimum absolute atomic E-state index is 0.201. The van der Waals surface area contributed by atoms with E-state index in [1.807, 2.05) is 0 Å². The standard InChI is InChI=1S/C14H16ClNO4/c1-14(13(18)19)5-6-16(8-14)12(17)10-4-3-9(15)7-11(10)20-2/h3-4,7H,5-6,8H2,1-2H3,(H,18,19). The third kappa shape index (κ3) is 2.58. The Morgan fingerprint density at radius 3 is 2.70 bits per heavy atom. The number of hydrogen-bond donors (Lipinski definition) is 1. The summed E-state index contributed by atoms with van der Waals surface area (Å²) in [5, 5.41) is 9.68. The SMILES string of the molecule is COc1cc(Cl)ccc1C(=O)N1CCC(C)(C(=O)O)C1. The average molecular weight is 298 g/mol. The molecule has 1 aromatic rings. The van der Waals surface area contributed by atoms with E-state index in [9.17, 15) is 14.7 Å². The van der Waals surface area contributed by atoms with Crippen molar-refractivity contribution in [2.45, 2.75) is 13.3 Å². The van der Waals surface area contributed by atoms with Gasteiger partial charge in [0.05, 0.1) is 18.1 Å². The summed E-state index contributed by atoms with van der Waals surface area (Å²) in [6.07, 6.45) is 0.448. The van der Waals surface area contributed by atoms with Crippen LogP contribution in [-0.2, 0) is 4.79 Å². The Morgan fingerprint density at radius 2 is 2.15 bits per heavy atom. The lowest BCUT2D eigenvalue weighted by atomic mass is 9.90. The maximum atomic E-state index is 12.5. The Balaban J connectivity index is 2.23. The van der Waals surface area contributed by atoms with Crippen LogP contribution in [0, 0.1) is 5.41 Å². The third-order valence-electron chi connectivity index (χ3n) is 3.67. The van der Waals surface area contributed by atoms with E-state index in [0.29, 0.717) is 29.3 Å². The molecule has 1 atom stereocenters. The van der Waals surface area contributed by atoms with E-state index in [1.165, 1.54) is 7.11 Å². The summed E-state index contributed by atoms with van der Waals surface area (Å²) in [5.74, 6) is -0.717. The van der Waals surface area contributed by atoms with Crippen molar-refractivity contribution in [2.24, 2.45) is 5.41 Å². The molecule has 1 amide bonds. The Hall–Kier alpha value is -1.75. The van der Waals surface area contributed by atoms with Crippen LogP contribution in [0.3, 0.4) is 0 Å². The smallest absolute Gasteiger partial charge is 0.311 e. The highest BCUT2D eigenvalue weighted by Gasteiger charge is 2.42. The molecule has 0 saturated carbocycles. The van der Waals surface area contributed by atoms with Crippen LogP contribution in [0.25, 0.3) is 0 Å². The van der Waals surface area contributed by atoms with Crippen molar-refractivity contribution in [3.05, 3.63) is 28.8 Å². The number of nitrogens with zero attached hydrogens (tertiary/aromatic N) is 1. The van der Waals surface area contributed by atoms with E-state index in [1.54, 1.807) is 30.0 Å². The van der Waals surface area contributed by atoms with Crippen LogP contribution in [0.5, 0.6) is 5.75 Å². The molecular weight excluding hydrogens is 282 g/mol. The largest absolute Gasteiger partial charge is 0.496 e. The van der Waals surface area contributed by atoms with E-state index in [-0.39, 0.29) is 12.5 Å². The third-order valence-corrected chi connectivity index (χ3v) is 3.91. The van der Waals surface area contributed by atoms with E-state index in [0.717, 1.165) is 0 Å². The fourth-order valence-electron chi connectivity index (χ4n) is 2.32. The molecule has 1 aliphatic rings. The first-order chi connectivity index (χ1) is 9.37. The van der Waals surface area contributed by atoms with Crippen molar-refractivity contribution >= 4 is 23.5 Å². The second-order valence-electron chi connectivity index (χ2n) is 5.19. The lowest BCUT2D eigenvalue weighted by Crippen LogP contribution is -2.35. The highest BCUT2D eigenvalue weighted by atomic mass is 35.5. The monoisotopic (exact) mass is 297 g/mol. The molecule has 1 aromatic carbocycles. The van der Waals surface area contributed by atoms with E-state index < -0.39 is 11.4 Å². The maximum absolute atomic E-state index is 12.5. The van der Waals surface area contributed by atoms with Crippen molar-refractivity contribution < 1.29 is 19.4 Å². The van der Waals surface area contributed by atoms with Crippen molar-refractivity contribution in [2.75, 3.05) is 20.2 Å². The normalized spacial score (nSPS) is 21.9. The van der Waals surface area contributed by atoms with Gasteiger partial charge in [-0.3, -0.25) is 9.59 Å². The molecule has 1 fully saturated rings. The van der Waals surface area contributed by atoms with Gasteiger partial charge in [-0.25, -0.2) is 0 Å². The molecule has 0 aliphatic carbocycles. The topological polar surface area (TPSA) is 66.8 Å². The van der Waals surface area contributed by atoms with Crippen LogP contribution < -0.4 is 4.74 Å².